The maximum absolute atomic E-state index is 5.72. The molecule has 0 atom stereocenters. The average molecular weight is 225 g/mol. The van der Waals surface area contributed by atoms with E-state index < -0.39 is 0 Å². The highest BCUT2D eigenvalue weighted by Crippen LogP contribution is 2.23. The molecular weight excluding hydrogens is 216 g/mol. The van der Waals surface area contributed by atoms with E-state index in [0.29, 0.717) is 5.15 Å². The first kappa shape index (κ1) is 9.49. The molecule has 0 aliphatic rings. The molecular formula is C10H9ClN2S. The molecule has 14 heavy (non-hydrogen) atoms. The number of hydrogen-bond acceptors (Lipinski definition) is 3. The van der Waals surface area contributed by atoms with Gasteiger partial charge < -0.3 is 5.32 Å². The van der Waals surface area contributed by atoms with Gasteiger partial charge in [-0.25, -0.2) is 4.98 Å². The Morgan fingerprint density at radius 1 is 1.43 bits per heavy atom. The van der Waals surface area contributed by atoms with Gasteiger partial charge in [-0.1, -0.05) is 23.7 Å². The molecule has 0 amide bonds. The summed E-state index contributed by atoms with van der Waals surface area (Å²) in [6, 6.07) is 8.13. The first-order chi connectivity index (χ1) is 6.74. The quantitative estimate of drug-likeness (QED) is 0.838. The van der Waals surface area contributed by atoms with Crippen LogP contribution in [0.15, 0.2) is 29.6 Å². The summed E-state index contributed by atoms with van der Waals surface area (Å²) in [5.74, 6) is 0. The Bertz CT molecular complexity index is 439. The molecule has 0 fully saturated rings. The molecule has 72 valence electrons. The van der Waals surface area contributed by atoms with Crippen LogP contribution in [0.25, 0.3) is 0 Å². The second kappa shape index (κ2) is 3.98. The maximum Gasteiger partial charge on any atom is 0.188 e. The SMILES string of the molecule is Cc1cccc(Nc2nc(Cl)cs2)c1. The molecule has 4 heteroatoms. The predicted octanol–water partition coefficient (Wildman–Crippen LogP) is 3.85. The van der Waals surface area contributed by atoms with Gasteiger partial charge >= 0.3 is 0 Å². The highest BCUT2D eigenvalue weighted by Gasteiger charge is 1.99. The fraction of sp³-hybridized carbons (Fsp3) is 0.100. The van der Waals surface area contributed by atoms with Crippen molar-refractivity contribution >= 4 is 33.8 Å². The normalized spacial score (nSPS) is 10.1. The van der Waals surface area contributed by atoms with Crippen LogP contribution in [-0.4, -0.2) is 4.98 Å². The summed E-state index contributed by atoms with van der Waals surface area (Å²) in [4.78, 5) is 4.11. The number of aromatic nitrogens is 1. The van der Waals surface area contributed by atoms with Gasteiger partial charge in [-0.2, -0.15) is 0 Å². The van der Waals surface area contributed by atoms with Gasteiger partial charge in [-0.05, 0) is 24.6 Å². The van der Waals surface area contributed by atoms with Gasteiger partial charge in [-0.15, -0.1) is 11.3 Å². The molecule has 0 saturated carbocycles. The first-order valence-electron chi connectivity index (χ1n) is 4.19. The molecule has 0 aliphatic carbocycles. The van der Waals surface area contributed by atoms with E-state index in [-0.39, 0.29) is 0 Å². The zero-order valence-electron chi connectivity index (χ0n) is 7.62. The van der Waals surface area contributed by atoms with Gasteiger partial charge in [0, 0.05) is 11.1 Å². The molecule has 0 radical (unpaired) electrons. The summed E-state index contributed by atoms with van der Waals surface area (Å²) >= 11 is 7.21. The number of thiazole rings is 1. The molecule has 1 aromatic heterocycles. The fourth-order valence-electron chi connectivity index (χ4n) is 1.16. The van der Waals surface area contributed by atoms with Crippen LogP contribution >= 0.6 is 22.9 Å². The standard InChI is InChI=1S/C10H9ClN2S/c1-7-3-2-4-8(5-7)12-10-13-9(11)6-14-10/h2-6H,1H3,(H,12,13). The topological polar surface area (TPSA) is 24.9 Å². The minimum Gasteiger partial charge on any atom is -0.332 e. The van der Waals surface area contributed by atoms with E-state index >= 15 is 0 Å². The van der Waals surface area contributed by atoms with Crippen molar-refractivity contribution in [1.29, 1.82) is 0 Å². The number of hydrogen-bond donors (Lipinski definition) is 1. The largest absolute Gasteiger partial charge is 0.332 e. The van der Waals surface area contributed by atoms with Gasteiger partial charge in [0.15, 0.2) is 5.13 Å². The van der Waals surface area contributed by atoms with Gasteiger partial charge in [-0.3, -0.25) is 0 Å². The van der Waals surface area contributed by atoms with Crippen molar-refractivity contribution < 1.29 is 0 Å². The lowest BCUT2D eigenvalue weighted by Crippen LogP contribution is -1.88. The van der Waals surface area contributed by atoms with Crippen LogP contribution in [0.2, 0.25) is 5.15 Å². The van der Waals surface area contributed by atoms with Gasteiger partial charge in [0.25, 0.3) is 0 Å². The Morgan fingerprint density at radius 3 is 2.93 bits per heavy atom. The Morgan fingerprint density at radius 2 is 2.29 bits per heavy atom. The average Bonchev–Trinajstić information content (AvgIpc) is 2.51. The second-order valence-corrected chi connectivity index (χ2v) is 4.22. The molecule has 2 rings (SSSR count). The Kier molecular flexibility index (Phi) is 2.70. The van der Waals surface area contributed by atoms with Gasteiger partial charge in [0.2, 0.25) is 0 Å². The molecule has 2 aromatic rings. The van der Waals surface area contributed by atoms with Crippen molar-refractivity contribution in [3.8, 4) is 0 Å². The highest BCUT2D eigenvalue weighted by atomic mass is 35.5. The van der Waals surface area contributed by atoms with Crippen molar-refractivity contribution in [1.82, 2.24) is 4.98 Å². The molecule has 2 nitrogen and oxygen atoms in total. The van der Waals surface area contributed by atoms with Crippen LogP contribution in [0.3, 0.4) is 0 Å². The number of nitrogens with one attached hydrogen (secondary N) is 1. The number of benzene rings is 1. The van der Waals surface area contributed by atoms with E-state index in [2.05, 4.69) is 29.4 Å². The Labute approximate surface area is 91.6 Å². The summed E-state index contributed by atoms with van der Waals surface area (Å²) in [6.45, 7) is 2.06. The van der Waals surface area contributed by atoms with Crippen LogP contribution in [0.4, 0.5) is 10.8 Å². The van der Waals surface area contributed by atoms with Gasteiger partial charge in [0.05, 0.1) is 0 Å². The third kappa shape index (κ3) is 2.25. The van der Waals surface area contributed by atoms with Crippen LogP contribution in [0.5, 0.6) is 0 Å². The molecule has 1 aromatic carbocycles. The third-order valence-corrected chi connectivity index (χ3v) is 2.83. The van der Waals surface area contributed by atoms with Gasteiger partial charge in [0.1, 0.15) is 5.15 Å². The predicted molar refractivity (Wildman–Crippen MR) is 61.6 cm³/mol. The highest BCUT2D eigenvalue weighted by molar-refractivity contribution is 7.14. The minimum absolute atomic E-state index is 0.533. The lowest BCUT2D eigenvalue weighted by atomic mass is 10.2. The Balaban J connectivity index is 2.18. The van der Waals surface area contributed by atoms with E-state index in [1.165, 1.54) is 16.9 Å². The number of halogens is 1. The van der Waals surface area contributed by atoms with Crippen molar-refractivity contribution in [2.45, 2.75) is 6.92 Å². The molecule has 1 heterocycles. The van der Waals surface area contributed by atoms with Crippen molar-refractivity contribution in [3.05, 3.63) is 40.4 Å². The second-order valence-electron chi connectivity index (χ2n) is 2.97. The van der Waals surface area contributed by atoms with E-state index in [1.54, 1.807) is 5.38 Å². The van der Waals surface area contributed by atoms with E-state index in [4.69, 9.17) is 11.6 Å². The van der Waals surface area contributed by atoms with E-state index in [9.17, 15) is 0 Å². The molecule has 0 unspecified atom stereocenters. The van der Waals surface area contributed by atoms with Crippen molar-refractivity contribution in [2.24, 2.45) is 0 Å². The van der Waals surface area contributed by atoms with Crippen LogP contribution < -0.4 is 5.32 Å². The molecule has 0 saturated heterocycles. The van der Waals surface area contributed by atoms with Crippen molar-refractivity contribution in [3.63, 3.8) is 0 Å². The molecule has 0 aliphatic heterocycles. The van der Waals surface area contributed by atoms with Crippen LogP contribution in [0, 0.1) is 6.92 Å². The lowest BCUT2D eigenvalue weighted by Gasteiger charge is -2.02. The summed E-state index contributed by atoms with van der Waals surface area (Å²) in [6.07, 6.45) is 0. The summed E-state index contributed by atoms with van der Waals surface area (Å²) < 4.78 is 0. The molecule has 0 bridgehead atoms. The Hall–Kier alpha value is -1.06. The minimum atomic E-state index is 0.533. The van der Waals surface area contributed by atoms with Crippen LogP contribution in [-0.2, 0) is 0 Å². The first-order valence-corrected chi connectivity index (χ1v) is 5.44. The summed E-state index contributed by atoms with van der Waals surface area (Å²) in [7, 11) is 0. The number of anilines is 2. The maximum atomic E-state index is 5.72. The lowest BCUT2D eigenvalue weighted by molar-refractivity contribution is 1.38. The third-order valence-electron chi connectivity index (χ3n) is 1.75. The number of aryl methyl sites for hydroxylation is 1. The smallest absolute Gasteiger partial charge is 0.188 e. The summed E-state index contributed by atoms with van der Waals surface area (Å²) in [5.41, 5.74) is 2.26. The van der Waals surface area contributed by atoms with Crippen LogP contribution in [0.1, 0.15) is 5.56 Å². The number of rotatable bonds is 2. The zero-order valence-corrected chi connectivity index (χ0v) is 9.19. The zero-order chi connectivity index (χ0) is 9.97. The summed E-state index contributed by atoms with van der Waals surface area (Å²) in [5, 5.41) is 6.35. The monoisotopic (exact) mass is 224 g/mol. The van der Waals surface area contributed by atoms with E-state index in [1.807, 2.05) is 12.1 Å². The number of nitrogens with zero attached hydrogens (tertiary/aromatic N) is 1. The fourth-order valence-corrected chi connectivity index (χ4v) is 2.02. The molecule has 1 N–H and O–H groups in total. The molecule has 0 spiro atoms. The van der Waals surface area contributed by atoms with Crippen molar-refractivity contribution in [2.75, 3.05) is 5.32 Å². The van der Waals surface area contributed by atoms with E-state index in [0.717, 1.165) is 10.8 Å².